The van der Waals surface area contributed by atoms with Crippen LogP contribution in [0.3, 0.4) is 0 Å². The Bertz CT molecular complexity index is 761. The van der Waals surface area contributed by atoms with E-state index in [1.165, 1.54) is 36.4 Å². The maximum Gasteiger partial charge on any atom is 0.238 e. The first-order chi connectivity index (χ1) is 9.79. The van der Waals surface area contributed by atoms with Gasteiger partial charge in [-0.1, -0.05) is 6.07 Å². The second-order valence-electron chi connectivity index (χ2n) is 4.24. The lowest BCUT2D eigenvalue weighted by molar-refractivity contribution is 0.560. The first-order valence-electron chi connectivity index (χ1n) is 5.78. The molecule has 0 aliphatic carbocycles. The van der Waals surface area contributed by atoms with E-state index in [1.54, 1.807) is 0 Å². The van der Waals surface area contributed by atoms with E-state index < -0.39 is 21.7 Å². The molecule has 0 saturated heterocycles. The SMILES string of the molecule is NS(=O)(=O)c1ccc(NCc2c(F)cccc2F)c(Br)c1. The van der Waals surface area contributed by atoms with Gasteiger partial charge in [-0.25, -0.2) is 22.3 Å². The predicted molar refractivity (Wildman–Crippen MR) is 79.2 cm³/mol. The van der Waals surface area contributed by atoms with E-state index in [2.05, 4.69) is 21.2 Å². The largest absolute Gasteiger partial charge is 0.380 e. The van der Waals surface area contributed by atoms with Gasteiger partial charge >= 0.3 is 0 Å². The Kier molecular flexibility index (Phi) is 4.60. The van der Waals surface area contributed by atoms with Crippen LogP contribution in [0.5, 0.6) is 0 Å². The lowest BCUT2D eigenvalue weighted by Gasteiger charge is -2.11. The van der Waals surface area contributed by atoms with Gasteiger partial charge in [0.15, 0.2) is 0 Å². The molecule has 4 nitrogen and oxygen atoms in total. The summed E-state index contributed by atoms with van der Waals surface area (Å²) in [7, 11) is -3.80. The quantitative estimate of drug-likeness (QED) is 0.861. The summed E-state index contributed by atoms with van der Waals surface area (Å²) in [6, 6.07) is 7.70. The van der Waals surface area contributed by atoms with Crippen molar-refractivity contribution < 1.29 is 17.2 Å². The van der Waals surface area contributed by atoms with Gasteiger partial charge in [-0.3, -0.25) is 0 Å². The number of nitrogens with one attached hydrogen (secondary N) is 1. The average Bonchev–Trinajstić information content (AvgIpc) is 2.38. The lowest BCUT2D eigenvalue weighted by atomic mass is 10.2. The summed E-state index contributed by atoms with van der Waals surface area (Å²) >= 11 is 3.18. The molecule has 0 spiro atoms. The van der Waals surface area contributed by atoms with E-state index in [0.717, 1.165) is 0 Å². The Labute approximate surface area is 129 Å². The smallest absolute Gasteiger partial charge is 0.238 e. The number of rotatable bonds is 4. The zero-order chi connectivity index (χ0) is 15.6. The summed E-state index contributed by atoms with van der Waals surface area (Å²) in [5, 5.41) is 7.84. The maximum absolute atomic E-state index is 13.5. The topological polar surface area (TPSA) is 72.2 Å². The lowest BCUT2D eigenvalue weighted by Crippen LogP contribution is -2.12. The van der Waals surface area contributed by atoms with Crippen molar-refractivity contribution in [2.75, 3.05) is 5.32 Å². The molecule has 0 unspecified atom stereocenters. The van der Waals surface area contributed by atoms with Crippen LogP contribution in [0.15, 0.2) is 45.8 Å². The van der Waals surface area contributed by atoms with Gasteiger partial charge in [0.25, 0.3) is 0 Å². The summed E-state index contributed by atoms with van der Waals surface area (Å²) in [5.41, 5.74) is 0.393. The molecule has 0 bridgehead atoms. The second-order valence-corrected chi connectivity index (χ2v) is 6.66. The van der Waals surface area contributed by atoms with Crippen LogP contribution < -0.4 is 10.5 Å². The number of sulfonamides is 1. The van der Waals surface area contributed by atoms with Gasteiger partial charge in [-0.15, -0.1) is 0 Å². The van der Waals surface area contributed by atoms with E-state index in [9.17, 15) is 17.2 Å². The maximum atomic E-state index is 13.5. The Hall–Kier alpha value is -1.51. The van der Waals surface area contributed by atoms with Crippen LogP contribution in [0.1, 0.15) is 5.56 Å². The molecule has 0 aromatic heterocycles. The third-order valence-corrected chi connectivity index (χ3v) is 4.35. The minimum atomic E-state index is -3.80. The first-order valence-corrected chi connectivity index (χ1v) is 8.12. The molecule has 0 aliphatic heterocycles. The normalized spacial score (nSPS) is 11.4. The molecule has 0 fully saturated rings. The van der Waals surface area contributed by atoms with E-state index in [4.69, 9.17) is 5.14 Å². The molecule has 0 atom stereocenters. The average molecular weight is 377 g/mol. The second kappa shape index (κ2) is 6.08. The van der Waals surface area contributed by atoms with E-state index >= 15 is 0 Å². The Morgan fingerprint density at radius 2 is 1.76 bits per heavy atom. The van der Waals surface area contributed by atoms with Gasteiger partial charge in [0, 0.05) is 22.3 Å². The summed E-state index contributed by atoms with van der Waals surface area (Å²) in [4.78, 5) is -0.0583. The molecule has 2 aromatic rings. The number of hydrogen-bond donors (Lipinski definition) is 2. The standard InChI is InChI=1S/C13H11BrF2N2O2S/c14-10-6-8(21(17,19)20)4-5-13(10)18-7-9-11(15)2-1-3-12(9)16/h1-6,18H,7H2,(H2,17,19,20). The molecule has 0 saturated carbocycles. The number of primary sulfonamides is 1. The Morgan fingerprint density at radius 1 is 1.14 bits per heavy atom. The summed E-state index contributed by atoms with van der Waals surface area (Å²) < 4.78 is 49.8. The molecule has 112 valence electrons. The van der Waals surface area contributed by atoms with Gasteiger partial charge in [-0.05, 0) is 46.3 Å². The van der Waals surface area contributed by atoms with Crippen molar-refractivity contribution in [2.45, 2.75) is 11.4 Å². The van der Waals surface area contributed by atoms with Crippen LogP contribution in [0.2, 0.25) is 0 Å². The Morgan fingerprint density at radius 3 is 2.29 bits per heavy atom. The molecular weight excluding hydrogens is 366 g/mol. The number of anilines is 1. The van der Waals surface area contributed by atoms with Crippen molar-refractivity contribution in [1.82, 2.24) is 0 Å². The monoisotopic (exact) mass is 376 g/mol. The summed E-state index contributed by atoms with van der Waals surface area (Å²) in [5.74, 6) is -1.31. The van der Waals surface area contributed by atoms with Gasteiger partial charge in [0.2, 0.25) is 10.0 Å². The minimum absolute atomic E-state index is 0.0583. The molecule has 0 amide bonds. The van der Waals surface area contributed by atoms with Crippen LogP contribution in [0.25, 0.3) is 0 Å². The van der Waals surface area contributed by atoms with Crippen molar-refractivity contribution in [3.05, 3.63) is 58.1 Å². The highest BCUT2D eigenvalue weighted by molar-refractivity contribution is 9.10. The molecule has 2 aromatic carbocycles. The highest BCUT2D eigenvalue weighted by atomic mass is 79.9. The minimum Gasteiger partial charge on any atom is -0.380 e. The molecule has 21 heavy (non-hydrogen) atoms. The van der Waals surface area contributed by atoms with E-state index in [-0.39, 0.29) is 17.0 Å². The van der Waals surface area contributed by atoms with Crippen LogP contribution >= 0.6 is 15.9 Å². The van der Waals surface area contributed by atoms with E-state index in [0.29, 0.717) is 10.2 Å². The van der Waals surface area contributed by atoms with Crippen LogP contribution in [-0.2, 0) is 16.6 Å². The molecule has 0 aliphatic rings. The highest BCUT2D eigenvalue weighted by Crippen LogP contribution is 2.26. The molecule has 0 radical (unpaired) electrons. The van der Waals surface area contributed by atoms with Gasteiger partial charge in [0.05, 0.1) is 4.90 Å². The fourth-order valence-electron chi connectivity index (χ4n) is 1.70. The molecule has 3 N–H and O–H groups in total. The van der Waals surface area contributed by atoms with Crippen molar-refractivity contribution in [3.8, 4) is 0 Å². The van der Waals surface area contributed by atoms with Crippen molar-refractivity contribution in [3.63, 3.8) is 0 Å². The zero-order valence-corrected chi connectivity index (χ0v) is 13.0. The number of nitrogens with two attached hydrogens (primary N) is 1. The number of benzene rings is 2. The van der Waals surface area contributed by atoms with Gasteiger partial charge < -0.3 is 5.32 Å². The van der Waals surface area contributed by atoms with Crippen LogP contribution in [-0.4, -0.2) is 8.42 Å². The van der Waals surface area contributed by atoms with Gasteiger partial charge in [-0.2, -0.15) is 0 Å². The molecule has 2 rings (SSSR count). The fraction of sp³-hybridized carbons (Fsp3) is 0.0769. The third-order valence-electron chi connectivity index (χ3n) is 2.79. The third kappa shape index (κ3) is 3.78. The first kappa shape index (κ1) is 15.9. The molecule has 8 heteroatoms. The van der Waals surface area contributed by atoms with Crippen molar-refractivity contribution in [2.24, 2.45) is 5.14 Å². The highest BCUT2D eigenvalue weighted by Gasteiger charge is 2.12. The van der Waals surface area contributed by atoms with Crippen LogP contribution in [0, 0.1) is 11.6 Å². The zero-order valence-electron chi connectivity index (χ0n) is 10.6. The van der Waals surface area contributed by atoms with E-state index in [1.807, 2.05) is 0 Å². The molecule has 0 heterocycles. The van der Waals surface area contributed by atoms with Crippen molar-refractivity contribution in [1.29, 1.82) is 0 Å². The number of halogens is 3. The van der Waals surface area contributed by atoms with Crippen molar-refractivity contribution >= 4 is 31.6 Å². The summed E-state index contributed by atoms with van der Waals surface area (Å²) in [6.07, 6.45) is 0. The van der Waals surface area contributed by atoms with Crippen LogP contribution in [0.4, 0.5) is 14.5 Å². The molecular formula is C13H11BrF2N2O2S. The van der Waals surface area contributed by atoms with Gasteiger partial charge in [0.1, 0.15) is 11.6 Å². The summed E-state index contributed by atoms with van der Waals surface area (Å²) in [6.45, 7) is -0.0776. The number of hydrogen-bond acceptors (Lipinski definition) is 3. The fourth-order valence-corrected chi connectivity index (χ4v) is 2.91. The predicted octanol–water partition coefficient (Wildman–Crippen LogP) is 2.99. The Balaban J connectivity index is 2.22.